The zero-order chi connectivity index (χ0) is 19.1. The van der Waals surface area contributed by atoms with E-state index in [0.29, 0.717) is 5.02 Å². The number of benzene rings is 1. The molecule has 26 heavy (non-hydrogen) atoms. The molecule has 0 saturated heterocycles. The number of fused-ring (bicyclic) bond motifs is 1. The van der Waals surface area contributed by atoms with E-state index in [-0.39, 0.29) is 5.91 Å². The van der Waals surface area contributed by atoms with Crippen molar-refractivity contribution in [2.24, 2.45) is 0 Å². The predicted molar refractivity (Wildman–Crippen MR) is 113 cm³/mol. The van der Waals surface area contributed by atoms with Gasteiger partial charge in [0.05, 0.1) is 13.1 Å². The van der Waals surface area contributed by atoms with Crippen molar-refractivity contribution in [1.29, 1.82) is 0 Å². The number of nitrogens with zero attached hydrogens (tertiary/aromatic N) is 1. The Balaban J connectivity index is 2.29. The van der Waals surface area contributed by atoms with Gasteiger partial charge in [-0.15, -0.1) is 0 Å². The van der Waals surface area contributed by atoms with Crippen LogP contribution in [0, 0.1) is 6.92 Å². The smallest absolute Gasteiger partial charge is 0.247 e. The average molecular weight is 384 g/mol. The second-order valence-electron chi connectivity index (χ2n) is 7.36. The third kappa shape index (κ3) is 3.32. The maximum Gasteiger partial charge on any atom is 0.247 e. The van der Waals surface area contributed by atoms with Crippen LogP contribution in [0.1, 0.15) is 5.56 Å². The largest absolute Gasteiger partial charge is 0.347 e. The molecule has 4 nitrogen and oxygen atoms in total. The van der Waals surface area contributed by atoms with Gasteiger partial charge in [-0.2, -0.15) is 0 Å². The summed E-state index contributed by atoms with van der Waals surface area (Å²) in [5.41, 5.74) is 4.63. The molecule has 134 valence electrons. The van der Waals surface area contributed by atoms with Crippen LogP contribution in [-0.2, 0) is 4.79 Å². The molecular weight excluding hydrogens is 362 g/mol. The molecule has 0 aliphatic rings. The Morgan fingerprint density at radius 2 is 2.04 bits per heavy atom. The molecule has 1 amide bonds. The highest BCUT2D eigenvalue weighted by Crippen LogP contribution is 2.35. The summed E-state index contributed by atoms with van der Waals surface area (Å²) in [6.07, 6.45) is 2.98. The molecule has 0 unspecified atom stereocenters. The van der Waals surface area contributed by atoms with Gasteiger partial charge in [-0.1, -0.05) is 50.0 Å². The quantitative estimate of drug-likeness (QED) is 0.499. The molecule has 2 aromatic heterocycles. The van der Waals surface area contributed by atoms with Crippen LogP contribution in [0.3, 0.4) is 0 Å². The lowest BCUT2D eigenvalue weighted by Crippen LogP contribution is -2.39. The zero-order valence-electron chi connectivity index (χ0n) is 15.4. The van der Waals surface area contributed by atoms with Crippen molar-refractivity contribution < 1.29 is 4.79 Å². The van der Waals surface area contributed by atoms with Crippen LogP contribution in [0.5, 0.6) is 0 Å². The van der Waals surface area contributed by atoms with E-state index in [4.69, 9.17) is 11.6 Å². The van der Waals surface area contributed by atoms with Gasteiger partial charge in [0.1, 0.15) is 5.65 Å². The van der Waals surface area contributed by atoms with Gasteiger partial charge < -0.3 is 10.3 Å². The molecule has 0 radical (unpaired) electrons. The van der Waals surface area contributed by atoms with Crippen LogP contribution in [-0.4, -0.2) is 23.9 Å². The molecule has 0 aliphatic heterocycles. The van der Waals surface area contributed by atoms with Gasteiger partial charge in [0.2, 0.25) is 5.91 Å². The van der Waals surface area contributed by atoms with E-state index < -0.39 is 8.07 Å². The molecule has 0 aliphatic carbocycles. The van der Waals surface area contributed by atoms with Gasteiger partial charge in [-0.25, -0.2) is 4.98 Å². The maximum absolute atomic E-state index is 11.8. The summed E-state index contributed by atoms with van der Waals surface area (Å²) in [5.74, 6) is -0.228. The highest BCUT2D eigenvalue weighted by atomic mass is 35.5. The van der Waals surface area contributed by atoms with E-state index >= 15 is 0 Å². The number of anilines is 1. The predicted octanol–water partition coefficient (Wildman–Crippen LogP) is 4.86. The average Bonchev–Trinajstić information content (AvgIpc) is 2.98. The van der Waals surface area contributed by atoms with Crippen molar-refractivity contribution in [2.45, 2.75) is 26.6 Å². The first-order chi connectivity index (χ1) is 12.2. The lowest BCUT2D eigenvalue weighted by Gasteiger charge is -2.18. The fourth-order valence-corrected chi connectivity index (χ4v) is 4.78. The van der Waals surface area contributed by atoms with Crippen molar-refractivity contribution >= 4 is 47.6 Å². The minimum absolute atomic E-state index is 0.228. The minimum Gasteiger partial charge on any atom is -0.347 e. The Morgan fingerprint density at radius 1 is 1.31 bits per heavy atom. The minimum atomic E-state index is -1.69. The Labute approximate surface area is 159 Å². The molecule has 2 N–H and O–H groups in total. The number of aromatic amines is 1. The summed E-state index contributed by atoms with van der Waals surface area (Å²) in [7, 11) is -1.69. The number of hydrogen-bond acceptors (Lipinski definition) is 2. The Kier molecular flexibility index (Phi) is 4.77. The number of H-pyrrole nitrogens is 1. The first kappa shape index (κ1) is 18.4. The summed E-state index contributed by atoms with van der Waals surface area (Å²) >= 11 is 6.53. The van der Waals surface area contributed by atoms with Crippen molar-refractivity contribution in [2.75, 3.05) is 5.32 Å². The van der Waals surface area contributed by atoms with Crippen LogP contribution in [0.25, 0.3) is 22.2 Å². The number of rotatable bonds is 4. The number of amides is 1. The van der Waals surface area contributed by atoms with Gasteiger partial charge >= 0.3 is 0 Å². The van der Waals surface area contributed by atoms with Crippen LogP contribution < -0.4 is 10.6 Å². The van der Waals surface area contributed by atoms with E-state index in [2.05, 4.69) is 47.6 Å². The molecule has 0 saturated carbocycles. The lowest BCUT2D eigenvalue weighted by atomic mass is 10.0. The Morgan fingerprint density at radius 3 is 2.69 bits per heavy atom. The van der Waals surface area contributed by atoms with E-state index in [1.165, 1.54) is 11.4 Å². The molecule has 2 heterocycles. The Hall–Kier alpha value is -2.37. The van der Waals surface area contributed by atoms with Crippen molar-refractivity contribution in [3.63, 3.8) is 0 Å². The molecule has 0 bridgehead atoms. The lowest BCUT2D eigenvalue weighted by molar-refractivity contribution is -0.111. The third-order valence-corrected chi connectivity index (χ3v) is 6.55. The normalized spacial score (nSPS) is 11.6. The van der Waals surface area contributed by atoms with Gasteiger partial charge in [0, 0.05) is 28.2 Å². The zero-order valence-corrected chi connectivity index (χ0v) is 17.2. The second kappa shape index (κ2) is 6.74. The SMILES string of the molecule is C=CC(=O)Nc1cc(-c2c([Si](C)(C)C)[nH]c3nccc(Cl)c23)ccc1C. The topological polar surface area (TPSA) is 57.8 Å². The number of halogens is 1. The molecule has 3 rings (SSSR count). The van der Waals surface area contributed by atoms with E-state index in [9.17, 15) is 4.79 Å². The monoisotopic (exact) mass is 383 g/mol. The van der Waals surface area contributed by atoms with Crippen molar-refractivity contribution in [1.82, 2.24) is 9.97 Å². The highest BCUT2D eigenvalue weighted by Gasteiger charge is 2.27. The molecule has 6 heteroatoms. The van der Waals surface area contributed by atoms with E-state index in [1.54, 1.807) is 6.20 Å². The number of nitrogens with one attached hydrogen (secondary N) is 2. The highest BCUT2D eigenvalue weighted by molar-refractivity contribution is 6.89. The van der Waals surface area contributed by atoms with Crippen LogP contribution in [0.4, 0.5) is 5.69 Å². The van der Waals surface area contributed by atoms with Crippen LogP contribution in [0.15, 0.2) is 43.1 Å². The van der Waals surface area contributed by atoms with Gasteiger partial charge in [0.25, 0.3) is 0 Å². The molecule has 0 spiro atoms. The maximum atomic E-state index is 11.8. The van der Waals surface area contributed by atoms with Crippen molar-refractivity contribution in [3.8, 4) is 11.1 Å². The Bertz CT molecular complexity index is 1020. The van der Waals surface area contributed by atoms with Crippen molar-refractivity contribution in [3.05, 3.63) is 53.7 Å². The number of aromatic nitrogens is 2. The number of hydrogen-bond donors (Lipinski definition) is 2. The molecule has 1 aromatic carbocycles. The van der Waals surface area contributed by atoms with E-state index in [1.807, 2.05) is 25.1 Å². The summed E-state index contributed by atoms with van der Waals surface area (Å²) < 4.78 is 0. The first-order valence-electron chi connectivity index (χ1n) is 8.43. The summed E-state index contributed by atoms with van der Waals surface area (Å²) in [4.78, 5) is 19.7. The number of carbonyl (C=O) groups excluding carboxylic acids is 1. The second-order valence-corrected chi connectivity index (χ2v) is 12.8. The fourth-order valence-electron chi connectivity index (χ4n) is 3.02. The first-order valence-corrected chi connectivity index (χ1v) is 12.3. The number of aryl methyl sites for hydroxylation is 1. The standard InChI is InChI=1S/C20H22ClN3OSi/c1-6-16(25)23-15-11-13(8-7-12(15)2)17-18-14(21)9-10-22-19(18)24-20(17)26(3,4)5/h6-11H,1H2,2-5H3,(H,22,24)(H,23,25). The summed E-state index contributed by atoms with van der Waals surface area (Å²) in [6.45, 7) is 12.3. The van der Waals surface area contributed by atoms with Gasteiger partial charge in [0.15, 0.2) is 0 Å². The molecular formula is C20H22ClN3OSi. The fraction of sp³-hybridized carbons (Fsp3) is 0.200. The number of carbonyl (C=O) groups is 1. The third-order valence-electron chi connectivity index (χ3n) is 4.36. The van der Waals surface area contributed by atoms with E-state index in [0.717, 1.165) is 33.4 Å². The number of pyridine rings is 1. The van der Waals surface area contributed by atoms with Gasteiger partial charge in [-0.3, -0.25) is 4.79 Å². The molecule has 0 fully saturated rings. The summed E-state index contributed by atoms with van der Waals surface area (Å²) in [5, 5.41) is 5.67. The van der Waals surface area contributed by atoms with Crippen LogP contribution >= 0.6 is 11.6 Å². The molecule has 3 aromatic rings. The molecule has 0 atom stereocenters. The summed E-state index contributed by atoms with van der Waals surface area (Å²) in [6, 6.07) is 7.87. The van der Waals surface area contributed by atoms with Gasteiger partial charge in [-0.05, 0) is 36.3 Å². The van der Waals surface area contributed by atoms with Crippen LogP contribution in [0.2, 0.25) is 24.7 Å².